The van der Waals surface area contributed by atoms with Gasteiger partial charge >= 0.3 is 0 Å². The van der Waals surface area contributed by atoms with Crippen LogP contribution in [0.2, 0.25) is 5.02 Å². The van der Waals surface area contributed by atoms with Crippen molar-refractivity contribution >= 4 is 17.3 Å². The topological polar surface area (TPSA) is 3.24 Å². The molecule has 0 saturated carbocycles. The maximum absolute atomic E-state index is 5.81. The molecule has 58 valence electrons. The Morgan fingerprint density at radius 1 is 1.36 bits per heavy atom. The van der Waals surface area contributed by atoms with Crippen LogP contribution in [-0.2, 0) is 0 Å². The van der Waals surface area contributed by atoms with Gasteiger partial charge in [0.15, 0.2) is 0 Å². The van der Waals surface area contributed by atoms with Crippen molar-refractivity contribution in [3.8, 4) is 0 Å². The fraction of sp³-hybridized carbons (Fsp3) is 0.222. The molecular formula is C9H10ClN. The molecule has 1 nitrogen and oxygen atoms in total. The molecule has 0 aliphatic rings. The van der Waals surface area contributed by atoms with E-state index < -0.39 is 0 Å². The summed E-state index contributed by atoms with van der Waals surface area (Å²) in [6.07, 6.45) is 0. The number of halogens is 1. The second-order valence-electron chi connectivity index (χ2n) is 2.60. The zero-order valence-corrected chi connectivity index (χ0v) is 7.39. The Morgan fingerprint density at radius 3 is 2.45 bits per heavy atom. The van der Waals surface area contributed by atoms with E-state index in [9.17, 15) is 0 Å². The third-order valence-corrected chi connectivity index (χ3v) is 1.83. The molecule has 0 atom stereocenters. The monoisotopic (exact) mass is 167 g/mol. The van der Waals surface area contributed by atoms with Crippen molar-refractivity contribution < 1.29 is 0 Å². The summed E-state index contributed by atoms with van der Waals surface area (Å²) in [7, 11) is 3.92. The highest BCUT2D eigenvalue weighted by Gasteiger charge is 1.98. The Balaban J connectivity index is 3.05. The molecule has 0 amide bonds. The second kappa shape index (κ2) is 3.14. The van der Waals surface area contributed by atoms with E-state index in [4.69, 9.17) is 18.5 Å². The molecule has 1 aromatic rings. The normalized spacial score (nSPS) is 9.82. The Kier molecular flexibility index (Phi) is 2.40. The Labute approximate surface area is 72.6 Å². The molecule has 0 unspecified atom stereocenters. The van der Waals surface area contributed by atoms with Gasteiger partial charge in [-0.05, 0) is 17.7 Å². The smallest absolute Gasteiger partial charge is 0.0461 e. The first-order valence-corrected chi connectivity index (χ1v) is 3.71. The van der Waals surface area contributed by atoms with Crippen molar-refractivity contribution in [1.82, 2.24) is 0 Å². The van der Waals surface area contributed by atoms with Gasteiger partial charge in [-0.3, -0.25) is 0 Å². The van der Waals surface area contributed by atoms with Crippen LogP contribution in [0, 0.1) is 6.92 Å². The summed E-state index contributed by atoms with van der Waals surface area (Å²) in [6.45, 7) is 5.54. The van der Waals surface area contributed by atoms with Gasteiger partial charge in [0.25, 0.3) is 0 Å². The zero-order valence-electron chi connectivity index (χ0n) is 6.63. The van der Waals surface area contributed by atoms with Crippen LogP contribution in [0.15, 0.2) is 18.2 Å². The zero-order chi connectivity index (χ0) is 8.43. The Hall–Kier alpha value is -0.690. The van der Waals surface area contributed by atoms with Crippen LogP contribution in [0.1, 0.15) is 5.56 Å². The van der Waals surface area contributed by atoms with Crippen molar-refractivity contribution in [3.63, 3.8) is 0 Å². The maximum Gasteiger partial charge on any atom is 0.0461 e. The van der Waals surface area contributed by atoms with Gasteiger partial charge in [0.1, 0.15) is 0 Å². The lowest BCUT2D eigenvalue weighted by atomic mass is 10.2. The standard InChI is InChI=1S/C9H10ClN/c1-7-4-5-8(11(2)3)6-9(7)10/h1,4-6H,2-3H3. The van der Waals surface area contributed by atoms with Crippen LogP contribution in [0.4, 0.5) is 5.69 Å². The summed E-state index contributed by atoms with van der Waals surface area (Å²) >= 11 is 5.81. The number of rotatable bonds is 1. The molecule has 0 aromatic heterocycles. The van der Waals surface area contributed by atoms with Crippen molar-refractivity contribution in [1.29, 1.82) is 0 Å². The number of nitrogens with zero attached hydrogens (tertiary/aromatic N) is 1. The van der Waals surface area contributed by atoms with Crippen molar-refractivity contribution in [2.75, 3.05) is 19.0 Å². The molecule has 0 N–H and O–H groups in total. The van der Waals surface area contributed by atoms with E-state index in [1.54, 1.807) is 6.07 Å². The largest absolute Gasteiger partial charge is 0.378 e. The van der Waals surface area contributed by atoms with Crippen LogP contribution in [-0.4, -0.2) is 14.1 Å². The molecule has 0 aliphatic carbocycles. The summed E-state index contributed by atoms with van der Waals surface area (Å²) in [5.74, 6) is 0. The molecule has 1 aromatic carbocycles. The molecule has 0 heterocycles. The lowest BCUT2D eigenvalue weighted by molar-refractivity contribution is 1.13. The summed E-state index contributed by atoms with van der Waals surface area (Å²) in [5.41, 5.74) is 1.68. The second-order valence-corrected chi connectivity index (χ2v) is 3.01. The van der Waals surface area contributed by atoms with Crippen molar-refractivity contribution in [3.05, 3.63) is 35.7 Å². The quantitative estimate of drug-likeness (QED) is 0.621. The first-order valence-electron chi connectivity index (χ1n) is 3.33. The average molecular weight is 168 g/mol. The van der Waals surface area contributed by atoms with Gasteiger partial charge in [-0.25, -0.2) is 0 Å². The van der Waals surface area contributed by atoms with E-state index in [-0.39, 0.29) is 0 Å². The molecule has 0 aliphatic heterocycles. The minimum absolute atomic E-state index is 0.608. The molecular weight excluding hydrogens is 158 g/mol. The first kappa shape index (κ1) is 8.41. The van der Waals surface area contributed by atoms with Gasteiger partial charge < -0.3 is 4.90 Å². The lowest BCUT2D eigenvalue weighted by Crippen LogP contribution is -2.08. The molecule has 2 heteroatoms. The van der Waals surface area contributed by atoms with Gasteiger partial charge in [0.2, 0.25) is 0 Å². The fourth-order valence-corrected chi connectivity index (χ4v) is 0.969. The highest BCUT2D eigenvalue weighted by atomic mass is 35.5. The average Bonchev–Trinajstić information content (AvgIpc) is 1.94. The third kappa shape index (κ3) is 1.87. The molecule has 1 rings (SSSR count). The number of anilines is 1. The Bertz CT molecular complexity index is 256. The highest BCUT2D eigenvalue weighted by molar-refractivity contribution is 6.31. The minimum atomic E-state index is 0.608. The van der Waals surface area contributed by atoms with Crippen LogP contribution in [0.5, 0.6) is 0 Å². The van der Waals surface area contributed by atoms with Crippen LogP contribution in [0.25, 0.3) is 0 Å². The van der Waals surface area contributed by atoms with E-state index in [0.29, 0.717) is 10.6 Å². The van der Waals surface area contributed by atoms with E-state index >= 15 is 0 Å². The number of benzene rings is 1. The van der Waals surface area contributed by atoms with Crippen LogP contribution < -0.4 is 4.90 Å². The Morgan fingerprint density at radius 2 is 2.00 bits per heavy atom. The molecule has 2 radical (unpaired) electrons. The van der Waals surface area contributed by atoms with Crippen molar-refractivity contribution in [2.24, 2.45) is 0 Å². The predicted molar refractivity (Wildman–Crippen MR) is 49.2 cm³/mol. The molecule has 0 fully saturated rings. The van der Waals surface area contributed by atoms with Crippen LogP contribution in [0.3, 0.4) is 0 Å². The van der Waals surface area contributed by atoms with Gasteiger partial charge in [-0.2, -0.15) is 0 Å². The first-order chi connectivity index (χ1) is 5.11. The van der Waals surface area contributed by atoms with Crippen LogP contribution >= 0.6 is 11.6 Å². The van der Waals surface area contributed by atoms with Crippen molar-refractivity contribution in [2.45, 2.75) is 0 Å². The molecule has 0 spiro atoms. The predicted octanol–water partition coefficient (Wildman–Crippen LogP) is 2.47. The van der Waals surface area contributed by atoms with Gasteiger partial charge in [-0.15, -0.1) is 0 Å². The lowest BCUT2D eigenvalue weighted by Gasteiger charge is -2.12. The van der Waals surface area contributed by atoms with E-state index in [1.165, 1.54) is 0 Å². The maximum atomic E-state index is 5.81. The number of hydrogen-bond acceptors (Lipinski definition) is 1. The van der Waals surface area contributed by atoms with E-state index in [1.807, 2.05) is 31.1 Å². The van der Waals surface area contributed by atoms with E-state index in [2.05, 4.69) is 0 Å². The molecule has 11 heavy (non-hydrogen) atoms. The van der Waals surface area contributed by atoms with Gasteiger partial charge in [0.05, 0.1) is 0 Å². The summed E-state index contributed by atoms with van der Waals surface area (Å²) in [5, 5.41) is 0.608. The summed E-state index contributed by atoms with van der Waals surface area (Å²) < 4.78 is 0. The minimum Gasteiger partial charge on any atom is -0.378 e. The molecule has 0 saturated heterocycles. The molecule has 0 bridgehead atoms. The van der Waals surface area contributed by atoms with Gasteiger partial charge in [-0.1, -0.05) is 17.7 Å². The highest BCUT2D eigenvalue weighted by Crippen LogP contribution is 2.21. The fourth-order valence-electron chi connectivity index (χ4n) is 0.794. The SMILES string of the molecule is [CH]c1ccc(N(C)C)cc1Cl. The number of hydrogen-bond donors (Lipinski definition) is 0. The van der Waals surface area contributed by atoms with Gasteiger partial charge in [0, 0.05) is 31.7 Å². The summed E-state index contributed by atoms with van der Waals surface area (Å²) in [4.78, 5) is 1.98. The summed E-state index contributed by atoms with van der Waals surface area (Å²) in [6, 6.07) is 5.58. The van der Waals surface area contributed by atoms with E-state index in [0.717, 1.165) is 5.69 Å². The third-order valence-electron chi connectivity index (χ3n) is 1.50.